The van der Waals surface area contributed by atoms with E-state index < -0.39 is 10.0 Å². The topological polar surface area (TPSA) is 70.4 Å². The van der Waals surface area contributed by atoms with Gasteiger partial charge in [0.2, 0.25) is 10.0 Å². The van der Waals surface area contributed by atoms with Gasteiger partial charge in [-0.15, -0.1) is 0 Å². The van der Waals surface area contributed by atoms with E-state index >= 15 is 0 Å². The van der Waals surface area contributed by atoms with Crippen LogP contribution in [0.5, 0.6) is 0 Å². The lowest BCUT2D eigenvalue weighted by molar-refractivity contribution is -0.0170. The summed E-state index contributed by atoms with van der Waals surface area (Å²) >= 11 is 0. The molecule has 1 aliphatic heterocycles. The maximum atomic E-state index is 12.8. The van der Waals surface area contributed by atoms with Gasteiger partial charge >= 0.3 is 0 Å². The lowest BCUT2D eigenvalue weighted by Crippen LogP contribution is -2.50. The third-order valence-corrected chi connectivity index (χ3v) is 5.58. The molecule has 0 N–H and O–H groups in total. The first-order chi connectivity index (χ1) is 9.36. The Balaban J connectivity index is 2.47. The van der Waals surface area contributed by atoms with Crippen LogP contribution in [0.2, 0.25) is 0 Å². The third kappa shape index (κ3) is 2.70. The fraction of sp³-hybridized carbons (Fsp3) is 0.500. The minimum absolute atomic E-state index is 0.125. The smallest absolute Gasteiger partial charge is 0.243 e. The van der Waals surface area contributed by atoms with Gasteiger partial charge in [0, 0.05) is 12.6 Å². The van der Waals surface area contributed by atoms with Crippen molar-refractivity contribution in [2.24, 2.45) is 0 Å². The van der Waals surface area contributed by atoms with Gasteiger partial charge in [0.25, 0.3) is 0 Å². The Labute approximate surface area is 119 Å². The van der Waals surface area contributed by atoms with Crippen LogP contribution >= 0.6 is 0 Å². The molecule has 0 spiro atoms. The predicted octanol–water partition coefficient (Wildman–Crippen LogP) is 1.66. The van der Waals surface area contributed by atoms with Crippen LogP contribution in [0.3, 0.4) is 0 Å². The van der Waals surface area contributed by atoms with E-state index in [1.54, 1.807) is 19.1 Å². The second-order valence-electron chi connectivity index (χ2n) is 5.16. The molecule has 6 heteroatoms. The number of hydrogen-bond donors (Lipinski definition) is 0. The number of nitriles is 1. The summed E-state index contributed by atoms with van der Waals surface area (Å²) in [5, 5.41) is 8.94. The molecule has 1 aromatic rings. The van der Waals surface area contributed by atoms with Crippen molar-refractivity contribution in [3.05, 3.63) is 29.3 Å². The summed E-state index contributed by atoms with van der Waals surface area (Å²) in [6.45, 7) is 6.14. The number of rotatable bonds is 2. The van der Waals surface area contributed by atoms with Crippen molar-refractivity contribution in [2.75, 3.05) is 13.2 Å². The normalized spacial score (nSPS) is 24.3. The van der Waals surface area contributed by atoms with Crippen LogP contribution in [0.25, 0.3) is 0 Å². The quantitative estimate of drug-likeness (QED) is 0.832. The van der Waals surface area contributed by atoms with E-state index in [0.29, 0.717) is 24.3 Å². The van der Waals surface area contributed by atoms with Gasteiger partial charge in [-0.05, 0) is 38.5 Å². The van der Waals surface area contributed by atoms with Crippen molar-refractivity contribution in [3.63, 3.8) is 0 Å². The Bertz CT molecular complexity index is 649. The summed E-state index contributed by atoms with van der Waals surface area (Å²) in [7, 11) is -3.61. The van der Waals surface area contributed by atoms with Gasteiger partial charge in [-0.25, -0.2) is 8.42 Å². The molecule has 1 fully saturated rings. The summed E-state index contributed by atoms with van der Waals surface area (Å²) in [6.07, 6.45) is -0.125. The van der Waals surface area contributed by atoms with E-state index in [2.05, 4.69) is 0 Å². The molecule has 2 atom stereocenters. The zero-order valence-electron chi connectivity index (χ0n) is 11.8. The third-order valence-electron chi connectivity index (χ3n) is 3.45. The molecular formula is C14H18N2O3S. The molecule has 0 aromatic heterocycles. The van der Waals surface area contributed by atoms with E-state index in [0.717, 1.165) is 0 Å². The monoisotopic (exact) mass is 294 g/mol. The standard InChI is InChI=1S/C14H18N2O3S/c1-10-4-5-13(7-15)6-14(10)20(17,18)16-8-12(3)19-9-11(16)2/h4-6,11-12H,8-9H2,1-3H3. The molecule has 1 saturated heterocycles. The fourth-order valence-corrected chi connectivity index (χ4v) is 4.23. The maximum absolute atomic E-state index is 12.8. The second-order valence-corrected chi connectivity index (χ2v) is 7.02. The van der Waals surface area contributed by atoms with Gasteiger partial charge in [-0.3, -0.25) is 0 Å². The number of benzene rings is 1. The van der Waals surface area contributed by atoms with E-state index in [-0.39, 0.29) is 17.0 Å². The van der Waals surface area contributed by atoms with Gasteiger partial charge in [0.15, 0.2) is 0 Å². The largest absolute Gasteiger partial charge is 0.375 e. The first-order valence-electron chi connectivity index (χ1n) is 6.50. The molecule has 2 rings (SSSR count). The fourth-order valence-electron chi connectivity index (χ4n) is 2.28. The molecule has 5 nitrogen and oxygen atoms in total. The predicted molar refractivity (Wildman–Crippen MR) is 74.7 cm³/mol. The lowest BCUT2D eigenvalue weighted by atomic mass is 10.2. The second kappa shape index (κ2) is 5.52. The van der Waals surface area contributed by atoms with Crippen LogP contribution in [-0.2, 0) is 14.8 Å². The minimum atomic E-state index is -3.61. The van der Waals surface area contributed by atoms with Crippen molar-refractivity contribution in [1.29, 1.82) is 5.26 Å². The van der Waals surface area contributed by atoms with Crippen molar-refractivity contribution in [2.45, 2.75) is 37.8 Å². The van der Waals surface area contributed by atoms with Crippen LogP contribution in [-0.4, -0.2) is 38.0 Å². The number of ether oxygens (including phenoxy) is 1. The molecule has 108 valence electrons. The van der Waals surface area contributed by atoms with Crippen LogP contribution in [0.15, 0.2) is 23.1 Å². The highest BCUT2D eigenvalue weighted by molar-refractivity contribution is 7.89. The zero-order valence-corrected chi connectivity index (χ0v) is 12.6. The molecule has 1 aliphatic rings. The molecule has 1 heterocycles. The number of morpholine rings is 1. The first-order valence-corrected chi connectivity index (χ1v) is 7.94. The summed E-state index contributed by atoms with van der Waals surface area (Å²) in [6, 6.07) is 6.51. The van der Waals surface area contributed by atoms with E-state index in [4.69, 9.17) is 10.00 Å². The highest BCUT2D eigenvalue weighted by Gasteiger charge is 2.34. The minimum Gasteiger partial charge on any atom is -0.375 e. The Morgan fingerprint density at radius 3 is 2.75 bits per heavy atom. The number of aryl methyl sites for hydroxylation is 1. The summed E-state index contributed by atoms with van der Waals surface area (Å²) in [5.74, 6) is 0. The van der Waals surface area contributed by atoms with E-state index in [1.807, 2.05) is 19.9 Å². The number of hydrogen-bond acceptors (Lipinski definition) is 4. The highest BCUT2D eigenvalue weighted by atomic mass is 32.2. The molecule has 0 radical (unpaired) electrons. The van der Waals surface area contributed by atoms with Gasteiger partial charge in [0.1, 0.15) is 0 Å². The summed E-state index contributed by atoms with van der Waals surface area (Å²) < 4.78 is 32.5. The zero-order chi connectivity index (χ0) is 14.9. The molecule has 0 amide bonds. The van der Waals surface area contributed by atoms with Gasteiger partial charge in [0.05, 0.1) is 29.2 Å². The van der Waals surface area contributed by atoms with Crippen LogP contribution in [0, 0.1) is 18.3 Å². The van der Waals surface area contributed by atoms with Crippen molar-refractivity contribution >= 4 is 10.0 Å². The molecular weight excluding hydrogens is 276 g/mol. The van der Waals surface area contributed by atoms with E-state index in [1.165, 1.54) is 10.4 Å². The van der Waals surface area contributed by atoms with Crippen LogP contribution < -0.4 is 0 Å². The Kier molecular flexibility index (Phi) is 4.14. The van der Waals surface area contributed by atoms with Crippen molar-refractivity contribution in [1.82, 2.24) is 4.31 Å². The van der Waals surface area contributed by atoms with Crippen LogP contribution in [0.4, 0.5) is 0 Å². The number of nitrogens with zero attached hydrogens (tertiary/aromatic N) is 2. The van der Waals surface area contributed by atoms with Crippen molar-refractivity contribution < 1.29 is 13.2 Å². The van der Waals surface area contributed by atoms with Crippen molar-refractivity contribution in [3.8, 4) is 6.07 Å². The Morgan fingerprint density at radius 2 is 2.10 bits per heavy atom. The van der Waals surface area contributed by atoms with Gasteiger partial charge in [-0.2, -0.15) is 9.57 Å². The molecule has 0 aliphatic carbocycles. The Morgan fingerprint density at radius 1 is 1.40 bits per heavy atom. The average molecular weight is 294 g/mol. The first kappa shape index (κ1) is 15.0. The molecule has 1 aromatic carbocycles. The average Bonchev–Trinajstić information content (AvgIpc) is 2.41. The summed E-state index contributed by atoms with van der Waals surface area (Å²) in [5.41, 5.74) is 0.999. The van der Waals surface area contributed by atoms with Crippen LogP contribution in [0.1, 0.15) is 25.0 Å². The molecule has 0 bridgehead atoms. The van der Waals surface area contributed by atoms with Gasteiger partial charge < -0.3 is 4.74 Å². The molecule has 2 unspecified atom stereocenters. The SMILES string of the molecule is Cc1ccc(C#N)cc1S(=O)(=O)N1CC(C)OCC1C. The molecule has 20 heavy (non-hydrogen) atoms. The van der Waals surface area contributed by atoms with E-state index in [9.17, 15) is 8.42 Å². The molecule has 0 saturated carbocycles. The Hall–Kier alpha value is -1.42. The maximum Gasteiger partial charge on any atom is 0.243 e. The number of sulfonamides is 1. The highest BCUT2D eigenvalue weighted by Crippen LogP contribution is 2.25. The van der Waals surface area contributed by atoms with Gasteiger partial charge in [-0.1, -0.05) is 6.07 Å². The summed E-state index contributed by atoms with van der Waals surface area (Å²) in [4.78, 5) is 0.206. The lowest BCUT2D eigenvalue weighted by Gasteiger charge is -2.36.